The number of ether oxygens (including phenoxy) is 1. The molecule has 0 bridgehead atoms. The first kappa shape index (κ1) is 13.2. The Hall–Kier alpha value is -0.880. The van der Waals surface area contributed by atoms with Crippen molar-refractivity contribution in [2.24, 2.45) is 0 Å². The predicted octanol–water partition coefficient (Wildman–Crippen LogP) is 2.22. The molecule has 0 N–H and O–H groups in total. The normalized spacial score (nSPS) is 11.5. The molecule has 1 aromatic rings. The number of rotatable bonds is 4. The zero-order valence-electron chi connectivity index (χ0n) is 8.34. The first-order valence-corrected chi connectivity index (χ1v) is 6.78. The molecule has 90 valence electrons. The summed E-state index contributed by atoms with van der Waals surface area (Å²) in [6, 6.07) is 1.84. The number of halogens is 3. The van der Waals surface area contributed by atoms with E-state index in [0.29, 0.717) is 5.56 Å². The highest BCUT2D eigenvalue weighted by molar-refractivity contribution is 8.13. The van der Waals surface area contributed by atoms with Crippen LogP contribution in [-0.2, 0) is 9.05 Å². The van der Waals surface area contributed by atoms with Crippen LogP contribution in [0.15, 0.2) is 12.1 Å². The summed E-state index contributed by atoms with van der Waals surface area (Å²) < 4.78 is 51.7. The highest BCUT2D eigenvalue weighted by Crippen LogP contribution is 2.21. The zero-order valence-corrected chi connectivity index (χ0v) is 9.91. The van der Waals surface area contributed by atoms with Gasteiger partial charge in [0.2, 0.25) is 9.05 Å². The van der Waals surface area contributed by atoms with Crippen molar-refractivity contribution in [3.63, 3.8) is 0 Å². The number of benzene rings is 1. The molecular formula is C9H9ClF2O3S. The largest absolute Gasteiger partial charge is 0.492 e. The van der Waals surface area contributed by atoms with Crippen molar-refractivity contribution in [3.05, 3.63) is 29.3 Å². The van der Waals surface area contributed by atoms with Gasteiger partial charge in [0.05, 0.1) is 5.75 Å². The Morgan fingerprint density at radius 3 is 2.44 bits per heavy atom. The van der Waals surface area contributed by atoms with E-state index in [1.807, 2.05) is 0 Å². The summed E-state index contributed by atoms with van der Waals surface area (Å²) in [5.41, 5.74) is 0.380. The van der Waals surface area contributed by atoms with Crippen LogP contribution in [0.2, 0.25) is 0 Å². The van der Waals surface area contributed by atoms with E-state index in [1.165, 1.54) is 6.92 Å². The van der Waals surface area contributed by atoms with Crippen LogP contribution >= 0.6 is 10.7 Å². The molecule has 7 heteroatoms. The summed E-state index contributed by atoms with van der Waals surface area (Å²) in [7, 11) is 1.31. The molecule has 0 fully saturated rings. The maximum absolute atomic E-state index is 12.8. The van der Waals surface area contributed by atoms with Crippen LogP contribution in [0.25, 0.3) is 0 Å². The molecule has 0 aliphatic rings. The standard InChI is InChI=1S/C9H9ClF2O3S/c1-6-4-7(11)8(12)5-9(6)15-2-3-16(10,13)14/h4-5H,2-3H2,1H3. The van der Waals surface area contributed by atoms with Crippen LogP contribution in [0.3, 0.4) is 0 Å². The quantitative estimate of drug-likeness (QED) is 0.788. The average Bonchev–Trinajstić information content (AvgIpc) is 2.11. The van der Waals surface area contributed by atoms with E-state index >= 15 is 0 Å². The third-order valence-electron chi connectivity index (χ3n) is 1.80. The Morgan fingerprint density at radius 2 is 1.88 bits per heavy atom. The van der Waals surface area contributed by atoms with Gasteiger partial charge in [-0.25, -0.2) is 17.2 Å². The minimum absolute atomic E-state index is 0.0965. The van der Waals surface area contributed by atoms with Crippen LogP contribution in [0, 0.1) is 18.6 Å². The van der Waals surface area contributed by atoms with Gasteiger partial charge >= 0.3 is 0 Å². The minimum Gasteiger partial charge on any atom is -0.492 e. The third kappa shape index (κ3) is 3.94. The fourth-order valence-electron chi connectivity index (χ4n) is 1.03. The van der Waals surface area contributed by atoms with E-state index in [0.717, 1.165) is 12.1 Å². The van der Waals surface area contributed by atoms with Crippen molar-refractivity contribution < 1.29 is 21.9 Å². The van der Waals surface area contributed by atoms with E-state index in [1.54, 1.807) is 0 Å². The Labute approximate surface area is 96.4 Å². The molecule has 0 amide bonds. The molecule has 0 atom stereocenters. The minimum atomic E-state index is -3.65. The van der Waals surface area contributed by atoms with Crippen molar-refractivity contribution in [1.82, 2.24) is 0 Å². The molecule has 0 heterocycles. The first-order chi connectivity index (χ1) is 7.29. The van der Waals surface area contributed by atoms with E-state index in [9.17, 15) is 17.2 Å². The van der Waals surface area contributed by atoms with Crippen LogP contribution in [0.5, 0.6) is 5.75 Å². The van der Waals surface area contributed by atoms with Gasteiger partial charge in [-0.2, -0.15) is 0 Å². The van der Waals surface area contributed by atoms with Gasteiger partial charge < -0.3 is 4.74 Å². The van der Waals surface area contributed by atoms with Gasteiger partial charge in [0.1, 0.15) is 12.4 Å². The molecule has 0 saturated carbocycles. The Balaban J connectivity index is 2.71. The highest BCUT2D eigenvalue weighted by atomic mass is 35.7. The zero-order chi connectivity index (χ0) is 12.3. The van der Waals surface area contributed by atoms with Crippen LogP contribution < -0.4 is 4.74 Å². The summed E-state index contributed by atoms with van der Waals surface area (Å²) >= 11 is 0. The lowest BCUT2D eigenvalue weighted by Crippen LogP contribution is -2.09. The van der Waals surface area contributed by atoms with E-state index in [4.69, 9.17) is 15.4 Å². The Kier molecular flexibility index (Phi) is 4.09. The van der Waals surface area contributed by atoms with E-state index in [-0.39, 0.29) is 12.4 Å². The second-order valence-corrected chi connectivity index (χ2v) is 6.02. The predicted molar refractivity (Wildman–Crippen MR) is 56.2 cm³/mol. The molecule has 1 aromatic carbocycles. The lowest BCUT2D eigenvalue weighted by atomic mass is 10.2. The van der Waals surface area contributed by atoms with Crippen LogP contribution in [-0.4, -0.2) is 20.8 Å². The monoisotopic (exact) mass is 270 g/mol. The van der Waals surface area contributed by atoms with Gasteiger partial charge in [0, 0.05) is 16.7 Å². The summed E-state index contributed by atoms with van der Waals surface area (Å²) in [5.74, 6) is -2.32. The SMILES string of the molecule is Cc1cc(F)c(F)cc1OCCS(=O)(=O)Cl. The van der Waals surface area contributed by atoms with Gasteiger partial charge in [-0.05, 0) is 18.6 Å². The summed E-state index contributed by atoms with van der Waals surface area (Å²) in [6.07, 6.45) is 0. The van der Waals surface area contributed by atoms with E-state index < -0.39 is 26.4 Å². The topological polar surface area (TPSA) is 43.4 Å². The summed E-state index contributed by atoms with van der Waals surface area (Å²) in [4.78, 5) is 0. The van der Waals surface area contributed by atoms with E-state index in [2.05, 4.69) is 0 Å². The third-order valence-corrected chi connectivity index (χ3v) is 2.92. The average molecular weight is 271 g/mol. The molecule has 0 radical (unpaired) electrons. The van der Waals surface area contributed by atoms with Gasteiger partial charge in [0.25, 0.3) is 0 Å². The second kappa shape index (κ2) is 4.97. The van der Waals surface area contributed by atoms with Gasteiger partial charge in [-0.15, -0.1) is 0 Å². The molecule has 0 spiro atoms. The molecule has 16 heavy (non-hydrogen) atoms. The van der Waals surface area contributed by atoms with Crippen molar-refractivity contribution >= 4 is 19.7 Å². The smallest absolute Gasteiger partial charge is 0.235 e. The number of aryl methyl sites for hydroxylation is 1. The fourth-order valence-corrected chi connectivity index (χ4v) is 1.51. The van der Waals surface area contributed by atoms with Crippen molar-refractivity contribution in [3.8, 4) is 5.75 Å². The maximum Gasteiger partial charge on any atom is 0.235 e. The van der Waals surface area contributed by atoms with Gasteiger partial charge in [-0.1, -0.05) is 0 Å². The fraction of sp³-hybridized carbons (Fsp3) is 0.333. The van der Waals surface area contributed by atoms with Crippen LogP contribution in [0.4, 0.5) is 8.78 Å². The summed E-state index contributed by atoms with van der Waals surface area (Å²) in [6.45, 7) is 1.31. The lowest BCUT2D eigenvalue weighted by Gasteiger charge is -2.08. The van der Waals surface area contributed by atoms with Gasteiger partial charge in [0.15, 0.2) is 11.6 Å². The molecular weight excluding hydrogens is 262 g/mol. The lowest BCUT2D eigenvalue weighted by molar-refractivity contribution is 0.335. The Bertz CT molecular complexity index is 488. The molecule has 0 aromatic heterocycles. The van der Waals surface area contributed by atoms with Crippen molar-refractivity contribution in [1.29, 1.82) is 0 Å². The first-order valence-electron chi connectivity index (χ1n) is 4.30. The number of hydrogen-bond acceptors (Lipinski definition) is 3. The molecule has 0 saturated heterocycles. The molecule has 1 rings (SSSR count). The molecule has 0 unspecified atom stereocenters. The van der Waals surface area contributed by atoms with Crippen LogP contribution in [0.1, 0.15) is 5.56 Å². The van der Waals surface area contributed by atoms with Crippen molar-refractivity contribution in [2.45, 2.75) is 6.92 Å². The van der Waals surface area contributed by atoms with Crippen molar-refractivity contribution in [2.75, 3.05) is 12.4 Å². The number of hydrogen-bond donors (Lipinski definition) is 0. The Morgan fingerprint density at radius 1 is 1.31 bits per heavy atom. The van der Waals surface area contributed by atoms with Gasteiger partial charge in [-0.3, -0.25) is 0 Å². The second-order valence-electron chi connectivity index (χ2n) is 3.12. The maximum atomic E-state index is 12.8. The summed E-state index contributed by atoms with van der Waals surface area (Å²) in [5, 5.41) is 0. The molecule has 3 nitrogen and oxygen atoms in total. The molecule has 0 aliphatic heterocycles. The highest BCUT2D eigenvalue weighted by Gasteiger charge is 2.10. The molecule has 0 aliphatic carbocycles.